The Morgan fingerprint density at radius 2 is 0.526 bits per heavy atom. The Bertz CT molecular complexity index is 4890. The van der Waals surface area contributed by atoms with Crippen molar-refractivity contribution in [3.8, 4) is 0 Å². The van der Waals surface area contributed by atoms with E-state index in [1.54, 1.807) is 182 Å². The molecular formula is C86H134F7O33P7. The third kappa shape index (κ3) is 45.6. The standard InChI is InChI=1S/C16H22FO5P.C16H22FO4P.C15H20FO5P.2C10H18FO5P.C10H18FO4P.C9H16FO5P/c1-11(2)21-16-13(8-9-23(19,20)10-18)22-15(14(16)17)12-6-4-3-5-7-12;1-11(2)20-16-13(9-10-22(3,18)19)21-15(14(16)17)12-7-5-4-6-8-12;1-10(2)20-15-12(8-9-22(17,18)19)21-14(13(15)16)11-6-4-3-5-7-11;2*1-7(2)16-10-8(11)5-15-9(10)3-4-17(13,14)6-12;1-7(2)15-10-8(11)6-14-9(10)4-5-16(3,12)13;1-6(2)15-9-7(10)5-14-8(9)3-4-16(11,12)13/h3-9,11,13-16,18H,10H2,1-2H3,(H,19,20);4-11,13-16H,1-3H3,(H,18,19);3-10,12-15H,1-2H3,(H2,17,18,19);2*3-4,7-10,12H,5-6H2,1-2H3,(H,13,14);4-5,7-10H,6H2,1-3H3,(H,12,13);3-4,6-9H,5H2,1-2H3,(H2,11,12,13)/b9-8+;10-9+;9-8+;2*4-3+;5-4+;4-3+/t2*13-,14+,15+,16-;12-,13+,14+,15-;3*8-,9+,10-;7-,8+,9-/m1110000/s1/i9D;10D;9D;3D,4D;4D;4D,5D;4D. The third-order valence-electron chi connectivity index (χ3n) is 18.1. The summed E-state index contributed by atoms with van der Waals surface area (Å²) in [5.41, 5.74) is 1.90. The predicted molar refractivity (Wildman–Crippen MR) is 486 cm³/mol. The SMILES string of the molecule is [2H]/C(=C(/[2H])P(=O)(O)CO)[C@H]1OC[C@H](F)[C@@H]1OC(C)C.[2H]/C(=C(/[2H])P(C)(=O)O)[C@H]1OC[C@H](F)[C@@H]1OC(C)C.[2H]/C(=C\[C@H]1OC[C@H](F)[C@@H]1OC(C)C)P(=O)(O)CO.[2H]/C(=C\[C@H]1OC[C@H](F)[C@@H]1OC(C)C)P(=O)(O)O.[2H]/C(=C\[C@H]1O[C@@H](c2ccccc2)[C@H](F)[C@@H]1OC(C)C)P(=O)(O)CO.[2H]/C(=C\[C@H]1O[C@@H](c2ccccc2)[C@H](F)[C@@H]1OC(C)C)P(=O)(O)O.[2H]/C(=C\[C@H]1O[C@@H](c2ccccc2)[C@H](F)[C@@H]1OC(C)C)P(C)(=O)O. The van der Waals surface area contributed by atoms with Crippen LogP contribution < -0.4 is 0 Å². The molecule has 7 aliphatic heterocycles. The maximum absolute atomic E-state index is 14.9. The molecule has 3 aromatic carbocycles. The number of benzene rings is 3. The monoisotopic (exact) mass is 2050 g/mol. The zero-order chi connectivity index (χ0) is 108. The van der Waals surface area contributed by atoms with Crippen molar-refractivity contribution in [1.82, 2.24) is 0 Å². The van der Waals surface area contributed by atoms with Crippen molar-refractivity contribution >= 4 is 52.0 Å². The van der Waals surface area contributed by atoms with Crippen LogP contribution in [-0.4, -0.2) is 290 Å². The zero-order valence-electron chi connectivity index (χ0n) is 85.1. The predicted octanol–water partition coefficient (Wildman–Crippen LogP) is 15.3. The van der Waals surface area contributed by atoms with E-state index >= 15 is 0 Å². The van der Waals surface area contributed by atoms with Gasteiger partial charge in [0.15, 0.2) is 43.2 Å². The van der Waals surface area contributed by atoms with Crippen LogP contribution in [0.3, 0.4) is 0 Å². The van der Waals surface area contributed by atoms with Crippen LogP contribution in [0.2, 0.25) is 0 Å². The quantitative estimate of drug-likeness (QED) is 0.0195. The number of halogens is 7. The van der Waals surface area contributed by atoms with Crippen LogP contribution in [0.5, 0.6) is 0 Å². The van der Waals surface area contributed by atoms with Crippen molar-refractivity contribution in [2.45, 2.75) is 287 Å². The number of hydrogen-bond donors (Lipinski definition) is 12. The normalized spacial score (nSPS) is 33.6. The van der Waals surface area contributed by atoms with Gasteiger partial charge in [-0.05, 0) is 168 Å². The van der Waals surface area contributed by atoms with Crippen LogP contribution in [0.4, 0.5) is 30.7 Å². The molecule has 47 heteroatoms. The summed E-state index contributed by atoms with van der Waals surface area (Å²) in [7, 11) is -29.4. The largest absolute Gasteiger partial charge is 0.386 e. The number of alkyl halides is 7. The summed E-state index contributed by atoms with van der Waals surface area (Å²) in [6.45, 7) is 25.3. The molecular weight excluding hydrogens is 1910 g/mol. The summed E-state index contributed by atoms with van der Waals surface area (Å²) in [6.07, 6.45) is -26.5. The van der Waals surface area contributed by atoms with E-state index in [4.69, 9.17) is 114 Å². The highest BCUT2D eigenvalue weighted by atomic mass is 31.2. The number of aliphatic hydroxyl groups excluding tert-OH is 3. The van der Waals surface area contributed by atoms with E-state index in [0.717, 1.165) is 37.6 Å². The van der Waals surface area contributed by atoms with Gasteiger partial charge in [-0.1, -0.05) is 91.0 Å². The maximum atomic E-state index is 14.9. The first-order chi connectivity index (χ1) is 65.5. The molecule has 0 spiro atoms. The average Bonchev–Trinajstić information content (AvgIpc) is 1.65. The number of aliphatic hydroxyl groups is 3. The summed E-state index contributed by atoms with van der Waals surface area (Å²) in [5.74, 6) is -5.23. The first-order valence-electron chi connectivity index (χ1n) is 46.4. The molecule has 5 unspecified atom stereocenters. The number of rotatable bonds is 34. The summed E-state index contributed by atoms with van der Waals surface area (Å²) in [4.78, 5) is 82.4. The molecule has 33 nitrogen and oxygen atoms in total. The lowest BCUT2D eigenvalue weighted by Crippen LogP contribution is -2.32. The van der Waals surface area contributed by atoms with Crippen molar-refractivity contribution in [2.24, 2.45) is 0 Å². The van der Waals surface area contributed by atoms with E-state index in [0.29, 0.717) is 16.7 Å². The van der Waals surface area contributed by atoms with Gasteiger partial charge < -0.3 is 126 Å². The summed E-state index contributed by atoms with van der Waals surface area (Å²) in [5, 5.41) is 26.3. The molecule has 0 aromatic heterocycles. The lowest BCUT2D eigenvalue weighted by Gasteiger charge is -2.20. The van der Waals surface area contributed by atoms with Crippen molar-refractivity contribution in [1.29, 1.82) is 0 Å². The Labute approximate surface area is 785 Å². The summed E-state index contributed by atoms with van der Waals surface area (Å²) < 4.78 is 320. The smallest absolute Gasteiger partial charge is 0.348 e. The van der Waals surface area contributed by atoms with E-state index in [9.17, 15) is 87.2 Å². The Balaban J connectivity index is 0.000000347. The molecule has 0 bridgehead atoms. The van der Waals surface area contributed by atoms with Gasteiger partial charge in [-0.25, -0.2) is 30.7 Å². The zero-order valence-corrected chi connectivity index (χ0v) is 82.4. The lowest BCUT2D eigenvalue weighted by atomic mass is 10.0. The fourth-order valence-electron chi connectivity index (χ4n) is 12.7. The highest BCUT2D eigenvalue weighted by Crippen LogP contribution is 2.49. The fourth-order valence-corrected chi connectivity index (χ4v) is 15.5. The van der Waals surface area contributed by atoms with Crippen LogP contribution in [0.25, 0.3) is 0 Å². The van der Waals surface area contributed by atoms with Crippen LogP contribution >= 0.6 is 52.0 Å². The minimum absolute atomic E-state index is 0.180. The van der Waals surface area contributed by atoms with Gasteiger partial charge in [0.2, 0.25) is 36.8 Å². The molecule has 7 saturated heterocycles. The Morgan fingerprint density at radius 1 is 0.316 bits per heavy atom. The first kappa shape index (κ1) is 106. The van der Waals surface area contributed by atoms with Crippen LogP contribution in [0, 0.1) is 0 Å². The van der Waals surface area contributed by atoms with Gasteiger partial charge in [0.05, 0.1) is 81.5 Å². The molecule has 7 fully saturated rings. The molecule has 29 atom stereocenters. The third-order valence-corrected chi connectivity index (χ3v) is 22.9. The number of ether oxygens (including phenoxy) is 14. The molecule has 12 N–H and O–H groups in total. The van der Waals surface area contributed by atoms with E-state index < -0.39 is 271 Å². The van der Waals surface area contributed by atoms with E-state index in [-0.39, 0.29) is 69.2 Å². The first-order valence-corrected chi connectivity index (χ1v) is 54.9. The van der Waals surface area contributed by atoms with E-state index in [1.165, 1.54) is 6.08 Å². The van der Waals surface area contributed by atoms with Gasteiger partial charge in [-0.3, -0.25) is 32.0 Å². The Hall–Kier alpha value is -4.08. The molecule has 0 radical (unpaired) electrons. The number of hydrogen-bond acceptors (Lipinski definition) is 24. The minimum Gasteiger partial charge on any atom is -0.386 e. The summed E-state index contributed by atoms with van der Waals surface area (Å²) >= 11 is 0. The molecule has 0 saturated carbocycles. The molecule has 7 aliphatic rings. The highest BCUT2D eigenvalue weighted by molar-refractivity contribution is 7.62. The summed E-state index contributed by atoms with van der Waals surface area (Å²) in [6, 6.07) is 25.3. The van der Waals surface area contributed by atoms with Crippen molar-refractivity contribution in [2.75, 3.05) is 58.8 Å². The molecule has 0 amide bonds. The van der Waals surface area contributed by atoms with Gasteiger partial charge >= 0.3 is 15.2 Å². The van der Waals surface area contributed by atoms with E-state index in [2.05, 4.69) is 0 Å². The fraction of sp³-hybridized carbons (Fsp3) is 0.628. The van der Waals surface area contributed by atoms with Gasteiger partial charge in [-0.2, -0.15) is 0 Å². The van der Waals surface area contributed by atoms with Gasteiger partial charge in [-0.15, -0.1) is 0 Å². The highest BCUT2D eigenvalue weighted by Gasteiger charge is 2.50. The molecule has 0 aliphatic carbocycles. The average molecular weight is 2050 g/mol. The van der Waals surface area contributed by atoms with Crippen molar-refractivity contribution in [3.63, 3.8) is 0 Å². The van der Waals surface area contributed by atoms with Crippen molar-refractivity contribution < 1.29 is 201 Å². The minimum atomic E-state index is -4.71. The molecule has 7 heterocycles. The van der Waals surface area contributed by atoms with E-state index in [1.807, 2.05) is 6.07 Å². The second-order valence-corrected chi connectivity index (χ2v) is 45.2. The lowest BCUT2D eigenvalue weighted by molar-refractivity contribution is -0.0388. The van der Waals surface area contributed by atoms with Crippen LogP contribution in [0.15, 0.2) is 174 Å². The van der Waals surface area contributed by atoms with Gasteiger partial charge in [0.25, 0.3) is 0 Å². The second kappa shape index (κ2) is 57.1. The molecule has 3 aromatic rings. The van der Waals surface area contributed by atoms with Gasteiger partial charge in [0, 0.05) is 42.3 Å². The van der Waals surface area contributed by atoms with Crippen LogP contribution in [0.1, 0.15) is 144 Å². The second-order valence-electron chi connectivity index (χ2n) is 32.7. The Kier molecular flexibility index (Phi) is 45.6. The molecule has 760 valence electrons. The topological polar surface area (TPSA) is 491 Å². The van der Waals surface area contributed by atoms with Crippen LogP contribution in [-0.2, 0) is 98.3 Å². The van der Waals surface area contributed by atoms with Crippen molar-refractivity contribution in [3.05, 3.63) is 191 Å². The maximum Gasteiger partial charge on any atom is 0.348 e. The van der Waals surface area contributed by atoms with Gasteiger partial charge in [0.1, 0.15) is 123 Å². The Morgan fingerprint density at radius 3 is 0.774 bits per heavy atom. The molecule has 133 heavy (non-hydrogen) atoms. The molecule has 10 rings (SSSR count).